The molecule has 9 rings (SSSR count). The topological polar surface area (TPSA) is 143 Å². The molecule has 0 radical (unpaired) electrons. The third-order valence-corrected chi connectivity index (χ3v) is 9.86. The number of aliphatic carboxylic acids is 1. The highest BCUT2D eigenvalue weighted by Crippen LogP contribution is 2.38. The highest BCUT2D eigenvalue weighted by Gasteiger charge is 2.19. The van der Waals surface area contributed by atoms with E-state index >= 15 is 0 Å². The molecule has 8 heterocycles. The van der Waals surface area contributed by atoms with E-state index in [9.17, 15) is 4.79 Å². The molecule has 0 atom stereocenters. The van der Waals surface area contributed by atoms with Crippen molar-refractivity contribution in [3.8, 4) is 50.3 Å². The van der Waals surface area contributed by atoms with Crippen molar-refractivity contribution < 1.29 is 14.6 Å². The number of benzene rings is 1. The van der Waals surface area contributed by atoms with Gasteiger partial charge in [-0.2, -0.15) is 0 Å². The van der Waals surface area contributed by atoms with Crippen LogP contribution in [-0.4, -0.2) is 52.6 Å². The first-order valence-corrected chi connectivity index (χ1v) is 18.4. The Labute approximate surface area is 322 Å². The molecule has 0 amide bonds. The molecule has 0 fully saturated rings. The highest BCUT2D eigenvalue weighted by molar-refractivity contribution is 5.99. The van der Waals surface area contributed by atoms with Gasteiger partial charge < -0.3 is 19.8 Å². The molecule has 10 nitrogen and oxygen atoms in total. The van der Waals surface area contributed by atoms with Crippen LogP contribution in [0.5, 0.6) is 5.75 Å². The standard InChI is InChI=1S/C46H35N7O3/c54-42(55)3-1-2-28-56-33-6-4-29(5-7-33)43-34-8-10-36(50-34)44(30-16-22-47-23-17-30)38-12-14-40(52-38)46(32-20-26-49-27-21-32)41-15-13-39(53-41)45(31-18-24-48-25-19-31)37-11-9-35(43)51-37/h4-27,50,53H,1-3,28H2,(H,54,55). The molecule has 10 heteroatoms. The maximum atomic E-state index is 10.9. The van der Waals surface area contributed by atoms with Crippen LogP contribution in [0.15, 0.2) is 122 Å². The first-order valence-electron chi connectivity index (χ1n) is 18.4. The smallest absolute Gasteiger partial charge is 0.303 e. The summed E-state index contributed by atoms with van der Waals surface area (Å²) < 4.78 is 5.98. The van der Waals surface area contributed by atoms with E-state index in [4.69, 9.17) is 19.8 Å². The number of ether oxygens (including phenoxy) is 1. The lowest BCUT2D eigenvalue weighted by Crippen LogP contribution is -2.00. The molecule has 0 aliphatic carbocycles. The normalized spacial score (nSPS) is 11.9. The number of aromatic nitrogens is 7. The van der Waals surface area contributed by atoms with Gasteiger partial charge in [-0.3, -0.25) is 19.7 Å². The molecule has 6 aromatic heterocycles. The number of nitrogens with zero attached hydrogens (tertiary/aromatic N) is 5. The van der Waals surface area contributed by atoms with Gasteiger partial charge in [0.1, 0.15) is 5.75 Å². The number of hydrogen-bond acceptors (Lipinski definition) is 7. The zero-order valence-electron chi connectivity index (χ0n) is 30.2. The molecule has 2 aliphatic rings. The van der Waals surface area contributed by atoms with Gasteiger partial charge in [0, 0.05) is 87.9 Å². The third-order valence-electron chi connectivity index (χ3n) is 9.86. The summed E-state index contributed by atoms with van der Waals surface area (Å²) in [5.41, 5.74) is 14.5. The van der Waals surface area contributed by atoms with Crippen LogP contribution in [0.1, 0.15) is 42.0 Å². The van der Waals surface area contributed by atoms with E-state index in [0.717, 1.165) is 89.4 Å². The number of rotatable bonds is 10. The van der Waals surface area contributed by atoms with Gasteiger partial charge in [0.05, 0.1) is 29.4 Å². The Balaban J connectivity index is 1.32. The second-order valence-electron chi connectivity index (χ2n) is 13.4. The molecule has 272 valence electrons. The van der Waals surface area contributed by atoms with Crippen LogP contribution in [0.4, 0.5) is 0 Å². The van der Waals surface area contributed by atoms with Crippen LogP contribution in [0, 0.1) is 0 Å². The average molecular weight is 734 g/mol. The van der Waals surface area contributed by atoms with Crippen LogP contribution >= 0.6 is 0 Å². The van der Waals surface area contributed by atoms with Gasteiger partial charge in [0.2, 0.25) is 0 Å². The van der Waals surface area contributed by atoms with Crippen molar-refractivity contribution in [2.24, 2.45) is 0 Å². The molecule has 8 bridgehead atoms. The Morgan fingerprint density at radius 1 is 0.482 bits per heavy atom. The summed E-state index contributed by atoms with van der Waals surface area (Å²) in [6.45, 7) is 0.442. The molecule has 3 N–H and O–H groups in total. The molecule has 0 unspecified atom stereocenters. The third kappa shape index (κ3) is 6.87. The second-order valence-corrected chi connectivity index (χ2v) is 13.4. The zero-order chi connectivity index (χ0) is 37.8. The van der Waals surface area contributed by atoms with E-state index in [0.29, 0.717) is 25.2 Å². The van der Waals surface area contributed by atoms with Crippen LogP contribution in [-0.2, 0) is 4.79 Å². The fourth-order valence-corrected chi connectivity index (χ4v) is 7.26. The minimum atomic E-state index is -0.796. The van der Waals surface area contributed by atoms with E-state index < -0.39 is 5.97 Å². The summed E-state index contributed by atoms with van der Waals surface area (Å²) in [4.78, 5) is 42.0. The lowest BCUT2D eigenvalue weighted by atomic mass is 10.0. The minimum absolute atomic E-state index is 0.132. The first-order chi connectivity index (χ1) is 27.6. The van der Waals surface area contributed by atoms with Gasteiger partial charge in [-0.25, -0.2) is 9.97 Å². The molecule has 56 heavy (non-hydrogen) atoms. The van der Waals surface area contributed by atoms with Gasteiger partial charge in [0.25, 0.3) is 0 Å². The Morgan fingerprint density at radius 2 is 0.839 bits per heavy atom. The summed E-state index contributed by atoms with van der Waals surface area (Å²) >= 11 is 0. The van der Waals surface area contributed by atoms with E-state index in [1.807, 2.05) is 60.7 Å². The molecule has 0 saturated carbocycles. The van der Waals surface area contributed by atoms with Crippen LogP contribution in [0.3, 0.4) is 0 Å². The summed E-state index contributed by atoms with van der Waals surface area (Å²) in [7, 11) is 0. The lowest BCUT2D eigenvalue weighted by Gasteiger charge is -2.09. The van der Waals surface area contributed by atoms with Gasteiger partial charge >= 0.3 is 5.97 Å². The predicted molar refractivity (Wildman–Crippen MR) is 221 cm³/mol. The molecule has 0 spiro atoms. The Kier molecular flexibility index (Phi) is 9.26. The van der Waals surface area contributed by atoms with Crippen molar-refractivity contribution in [3.05, 3.63) is 145 Å². The maximum Gasteiger partial charge on any atom is 0.303 e. The van der Waals surface area contributed by atoms with Crippen LogP contribution in [0.25, 0.3) is 90.9 Å². The number of aromatic amines is 2. The molecular weight excluding hydrogens is 699 g/mol. The second kappa shape index (κ2) is 15.1. The van der Waals surface area contributed by atoms with Crippen LogP contribution in [0.2, 0.25) is 0 Å². The molecule has 1 aromatic carbocycles. The van der Waals surface area contributed by atoms with Crippen molar-refractivity contribution >= 4 is 52.3 Å². The number of pyridine rings is 3. The van der Waals surface area contributed by atoms with Gasteiger partial charge in [-0.15, -0.1) is 0 Å². The summed E-state index contributed by atoms with van der Waals surface area (Å²) in [5.74, 6) is -0.0816. The summed E-state index contributed by atoms with van der Waals surface area (Å²) in [6, 6.07) is 28.4. The molecule has 2 aliphatic heterocycles. The van der Waals surface area contributed by atoms with E-state index in [1.54, 1.807) is 37.2 Å². The SMILES string of the molecule is O=C(O)CCCCOc1ccc(-c2c3nc(c(-c4ccncc4)c4ccc([nH]4)c(-c4ccncc4)c4nc(c(-c5ccncc5)c5ccc2[nH]5)C=C4)C=C3)cc1. The lowest BCUT2D eigenvalue weighted by molar-refractivity contribution is -0.137. The highest BCUT2D eigenvalue weighted by atomic mass is 16.5. The summed E-state index contributed by atoms with van der Waals surface area (Å²) in [6.07, 6.45) is 20.4. The minimum Gasteiger partial charge on any atom is -0.494 e. The fourth-order valence-electron chi connectivity index (χ4n) is 7.26. The quantitative estimate of drug-likeness (QED) is 0.118. The van der Waals surface area contributed by atoms with Crippen molar-refractivity contribution in [1.82, 2.24) is 34.9 Å². The van der Waals surface area contributed by atoms with Crippen molar-refractivity contribution in [2.45, 2.75) is 19.3 Å². The predicted octanol–water partition coefficient (Wildman–Crippen LogP) is 10.1. The number of carboxylic acid groups (broad SMARTS) is 1. The summed E-state index contributed by atoms with van der Waals surface area (Å²) in [5, 5.41) is 8.97. The average Bonchev–Trinajstić information content (AvgIpc) is 4.08. The number of carbonyl (C=O) groups is 1. The largest absolute Gasteiger partial charge is 0.494 e. The maximum absolute atomic E-state index is 10.9. The molecule has 0 saturated heterocycles. The number of nitrogens with one attached hydrogen (secondary N) is 2. The number of hydrogen-bond donors (Lipinski definition) is 3. The molecular formula is C46H35N7O3. The van der Waals surface area contributed by atoms with E-state index in [2.05, 4.69) is 73.5 Å². The van der Waals surface area contributed by atoms with E-state index in [-0.39, 0.29) is 6.42 Å². The van der Waals surface area contributed by atoms with Gasteiger partial charge in [-0.05, 0) is 132 Å². The number of unbranched alkanes of at least 4 members (excludes halogenated alkanes) is 1. The Morgan fingerprint density at radius 3 is 1.20 bits per heavy atom. The van der Waals surface area contributed by atoms with Crippen LogP contribution < -0.4 is 4.74 Å². The van der Waals surface area contributed by atoms with E-state index in [1.165, 1.54) is 0 Å². The monoisotopic (exact) mass is 733 g/mol. The van der Waals surface area contributed by atoms with Gasteiger partial charge in [-0.1, -0.05) is 12.1 Å². The number of fused-ring (bicyclic) bond motifs is 8. The van der Waals surface area contributed by atoms with Crippen molar-refractivity contribution in [1.29, 1.82) is 0 Å². The van der Waals surface area contributed by atoms with Crippen molar-refractivity contribution in [3.63, 3.8) is 0 Å². The number of carboxylic acids is 1. The number of H-pyrrole nitrogens is 2. The Bertz CT molecular complexity index is 2760. The zero-order valence-corrected chi connectivity index (χ0v) is 30.2. The fraction of sp³-hybridized carbons (Fsp3) is 0.0870. The van der Waals surface area contributed by atoms with Crippen molar-refractivity contribution in [2.75, 3.05) is 6.61 Å². The first kappa shape index (κ1) is 34.3. The molecule has 7 aromatic rings. The Hall–Kier alpha value is -7.46. The van der Waals surface area contributed by atoms with Gasteiger partial charge in [0.15, 0.2) is 0 Å².